The first-order valence-electron chi connectivity index (χ1n) is 14.0. The molecule has 0 atom stereocenters. The molecule has 0 unspecified atom stereocenters. The molecule has 0 amide bonds. The van der Waals surface area contributed by atoms with Crippen molar-refractivity contribution in [2.45, 2.75) is 117 Å². The third-order valence-corrected chi connectivity index (χ3v) is 7.68. The largest absolute Gasteiger partial charge is 0.427 e. The highest BCUT2D eigenvalue weighted by atomic mass is 16.5. The minimum absolute atomic E-state index is 0.121. The fourth-order valence-corrected chi connectivity index (χ4v) is 5.53. The average molecular weight is 463 g/mol. The second-order valence-electron chi connectivity index (χ2n) is 10.4. The van der Waals surface area contributed by atoms with Gasteiger partial charge in [0.15, 0.2) is 0 Å². The van der Waals surface area contributed by atoms with E-state index in [2.05, 4.69) is 51.1 Å². The first-order chi connectivity index (χ1) is 16.6. The second kappa shape index (κ2) is 14.3. The van der Waals surface area contributed by atoms with Gasteiger partial charge in [0.05, 0.1) is 0 Å². The maximum atomic E-state index is 12.1. The van der Waals surface area contributed by atoms with Crippen LogP contribution in [0.25, 0.3) is 11.1 Å². The number of rotatable bonds is 13. The van der Waals surface area contributed by atoms with E-state index in [1.165, 1.54) is 87.3 Å². The quantitative estimate of drug-likeness (QED) is 0.168. The average Bonchev–Trinajstić information content (AvgIpc) is 2.85. The number of carbonyl (C=O) groups excluding carboxylic acids is 1. The minimum atomic E-state index is -0.121. The maximum absolute atomic E-state index is 12.1. The lowest BCUT2D eigenvalue weighted by atomic mass is 9.76. The molecule has 1 aliphatic carbocycles. The molecule has 1 fully saturated rings. The van der Waals surface area contributed by atoms with Gasteiger partial charge in [0.1, 0.15) is 5.75 Å². The normalized spacial score (nSPS) is 18.1. The van der Waals surface area contributed by atoms with Crippen molar-refractivity contribution >= 4 is 5.97 Å². The van der Waals surface area contributed by atoms with E-state index in [0.29, 0.717) is 12.2 Å². The van der Waals surface area contributed by atoms with Gasteiger partial charge >= 0.3 is 5.97 Å². The molecule has 0 saturated heterocycles. The predicted octanol–water partition coefficient (Wildman–Crippen LogP) is 9.78. The third-order valence-electron chi connectivity index (χ3n) is 7.68. The van der Waals surface area contributed by atoms with E-state index in [1.54, 1.807) is 5.56 Å². The van der Waals surface area contributed by atoms with Gasteiger partial charge in [0, 0.05) is 6.42 Å². The number of unbranched alkanes of at least 4 members (excludes halogenated alkanes) is 6. The molecule has 3 rings (SSSR count). The van der Waals surface area contributed by atoms with Gasteiger partial charge < -0.3 is 4.74 Å². The molecule has 0 aliphatic heterocycles. The number of ether oxygens (including phenoxy) is 1. The van der Waals surface area contributed by atoms with Crippen LogP contribution < -0.4 is 4.74 Å². The molecular formula is C32H46O2. The summed E-state index contributed by atoms with van der Waals surface area (Å²) in [4.78, 5) is 12.1. The lowest BCUT2D eigenvalue weighted by Gasteiger charge is -2.30. The molecule has 0 heterocycles. The van der Waals surface area contributed by atoms with E-state index in [4.69, 9.17) is 4.74 Å². The van der Waals surface area contributed by atoms with Gasteiger partial charge in [-0.1, -0.05) is 95.5 Å². The molecule has 2 heteroatoms. The van der Waals surface area contributed by atoms with Crippen LogP contribution in [0.15, 0.2) is 42.5 Å². The number of carbonyl (C=O) groups is 1. The Morgan fingerprint density at radius 3 is 2.12 bits per heavy atom. The predicted molar refractivity (Wildman–Crippen MR) is 144 cm³/mol. The van der Waals surface area contributed by atoms with Crippen molar-refractivity contribution in [3.8, 4) is 16.9 Å². The zero-order valence-electron chi connectivity index (χ0n) is 21.9. The van der Waals surface area contributed by atoms with Crippen LogP contribution in [-0.4, -0.2) is 5.97 Å². The molecule has 2 aromatic carbocycles. The molecule has 0 aromatic heterocycles. The summed E-state index contributed by atoms with van der Waals surface area (Å²) in [6, 6.07) is 15.0. The molecule has 2 nitrogen and oxygen atoms in total. The van der Waals surface area contributed by atoms with Gasteiger partial charge in [-0.05, 0) is 85.3 Å². The van der Waals surface area contributed by atoms with Crippen LogP contribution in [0.1, 0.15) is 121 Å². The van der Waals surface area contributed by atoms with Crippen LogP contribution in [-0.2, 0) is 4.79 Å². The fourth-order valence-electron chi connectivity index (χ4n) is 5.53. The Bertz CT molecular complexity index is 859. The number of esters is 1. The standard InChI is InChI=1S/C32H46O2/c1-4-6-8-9-11-13-32(33)34-30-21-18-27(19-22-30)29-20-23-31(25(3)24-29)28-16-14-26(15-17-28)12-10-7-5-2/h18-24,26,28H,4-17H2,1-3H3/t26-,28-. The van der Waals surface area contributed by atoms with Crippen molar-refractivity contribution in [2.24, 2.45) is 5.92 Å². The van der Waals surface area contributed by atoms with Crippen molar-refractivity contribution in [1.29, 1.82) is 0 Å². The van der Waals surface area contributed by atoms with E-state index in [9.17, 15) is 4.79 Å². The second-order valence-corrected chi connectivity index (χ2v) is 10.4. The zero-order chi connectivity index (χ0) is 24.2. The number of benzene rings is 2. The van der Waals surface area contributed by atoms with Crippen LogP contribution in [0, 0.1) is 12.8 Å². The Balaban J connectivity index is 1.50. The zero-order valence-corrected chi connectivity index (χ0v) is 21.9. The van der Waals surface area contributed by atoms with Gasteiger partial charge in [-0.2, -0.15) is 0 Å². The topological polar surface area (TPSA) is 26.3 Å². The summed E-state index contributed by atoms with van der Waals surface area (Å²) in [6.45, 7) is 6.76. The minimum Gasteiger partial charge on any atom is -0.427 e. The summed E-state index contributed by atoms with van der Waals surface area (Å²) in [5.41, 5.74) is 5.36. The number of hydrogen-bond acceptors (Lipinski definition) is 2. The van der Waals surface area contributed by atoms with Crippen molar-refractivity contribution in [3.63, 3.8) is 0 Å². The molecule has 1 saturated carbocycles. The summed E-state index contributed by atoms with van der Waals surface area (Å²) in [7, 11) is 0. The highest BCUT2D eigenvalue weighted by Crippen LogP contribution is 2.39. The van der Waals surface area contributed by atoms with Crippen molar-refractivity contribution in [3.05, 3.63) is 53.6 Å². The third kappa shape index (κ3) is 8.29. The first kappa shape index (κ1) is 26.5. The van der Waals surface area contributed by atoms with Gasteiger partial charge in [0.25, 0.3) is 0 Å². The first-order valence-corrected chi connectivity index (χ1v) is 14.0. The maximum Gasteiger partial charge on any atom is 0.311 e. The molecular weight excluding hydrogens is 416 g/mol. The molecule has 2 aromatic rings. The van der Waals surface area contributed by atoms with E-state index in [0.717, 1.165) is 24.7 Å². The van der Waals surface area contributed by atoms with Crippen LogP contribution >= 0.6 is 0 Å². The summed E-state index contributed by atoms with van der Waals surface area (Å²) < 4.78 is 5.53. The Morgan fingerprint density at radius 1 is 0.794 bits per heavy atom. The van der Waals surface area contributed by atoms with E-state index in [1.807, 2.05) is 12.1 Å². The highest BCUT2D eigenvalue weighted by molar-refractivity contribution is 5.73. The van der Waals surface area contributed by atoms with Crippen LogP contribution in [0.4, 0.5) is 0 Å². The fraction of sp³-hybridized carbons (Fsp3) is 0.594. The lowest BCUT2D eigenvalue weighted by Crippen LogP contribution is -2.14. The monoisotopic (exact) mass is 462 g/mol. The summed E-state index contributed by atoms with van der Waals surface area (Å²) in [5, 5.41) is 0. The number of aryl methyl sites for hydroxylation is 1. The smallest absolute Gasteiger partial charge is 0.311 e. The van der Waals surface area contributed by atoms with Crippen LogP contribution in [0.5, 0.6) is 5.75 Å². The van der Waals surface area contributed by atoms with Gasteiger partial charge in [-0.25, -0.2) is 0 Å². The Kier molecular flexibility index (Phi) is 11.2. The highest BCUT2D eigenvalue weighted by Gasteiger charge is 2.23. The van der Waals surface area contributed by atoms with Crippen LogP contribution in [0.2, 0.25) is 0 Å². The van der Waals surface area contributed by atoms with Crippen LogP contribution in [0.3, 0.4) is 0 Å². The lowest BCUT2D eigenvalue weighted by molar-refractivity contribution is -0.134. The molecule has 0 bridgehead atoms. The summed E-state index contributed by atoms with van der Waals surface area (Å²) in [6.07, 6.45) is 17.3. The molecule has 186 valence electrons. The molecule has 34 heavy (non-hydrogen) atoms. The summed E-state index contributed by atoms with van der Waals surface area (Å²) >= 11 is 0. The molecule has 0 radical (unpaired) electrons. The Morgan fingerprint density at radius 2 is 1.44 bits per heavy atom. The van der Waals surface area contributed by atoms with Gasteiger partial charge in [0.2, 0.25) is 0 Å². The SMILES string of the molecule is CCCCCCCC(=O)Oc1ccc(-c2ccc([C@H]3CC[C@H](CCCCC)CC3)c(C)c2)cc1. The van der Waals surface area contributed by atoms with Crippen molar-refractivity contribution in [1.82, 2.24) is 0 Å². The summed E-state index contributed by atoms with van der Waals surface area (Å²) in [5.74, 6) is 2.20. The van der Waals surface area contributed by atoms with Crippen molar-refractivity contribution in [2.75, 3.05) is 0 Å². The number of hydrogen-bond donors (Lipinski definition) is 0. The van der Waals surface area contributed by atoms with Gasteiger partial charge in [-0.15, -0.1) is 0 Å². The van der Waals surface area contributed by atoms with E-state index >= 15 is 0 Å². The molecule has 0 spiro atoms. The van der Waals surface area contributed by atoms with Crippen molar-refractivity contribution < 1.29 is 9.53 Å². The molecule has 0 N–H and O–H groups in total. The van der Waals surface area contributed by atoms with E-state index in [-0.39, 0.29) is 5.97 Å². The van der Waals surface area contributed by atoms with E-state index < -0.39 is 0 Å². The Hall–Kier alpha value is -2.09. The Labute approximate surface area is 208 Å². The molecule has 1 aliphatic rings. The van der Waals surface area contributed by atoms with Gasteiger partial charge in [-0.3, -0.25) is 4.79 Å².